The summed E-state index contributed by atoms with van der Waals surface area (Å²) in [5.41, 5.74) is 3.01. The predicted octanol–water partition coefficient (Wildman–Crippen LogP) is 3.54. The molecular formula is C19H19NO3S. The van der Waals surface area contributed by atoms with Gasteiger partial charge in [0, 0.05) is 5.52 Å². The van der Waals surface area contributed by atoms with Gasteiger partial charge in [0.2, 0.25) is 9.84 Å². The summed E-state index contributed by atoms with van der Waals surface area (Å²) >= 11 is 0. The second kappa shape index (κ2) is 5.91. The smallest absolute Gasteiger partial charge is 0.267 e. The minimum absolute atomic E-state index is 0.141. The zero-order chi connectivity index (χ0) is 17.5. The summed E-state index contributed by atoms with van der Waals surface area (Å²) < 4.78 is 25.8. The highest BCUT2D eigenvalue weighted by molar-refractivity contribution is 7.91. The van der Waals surface area contributed by atoms with Crippen LogP contribution in [0.4, 0.5) is 0 Å². The van der Waals surface area contributed by atoms with E-state index in [0.717, 1.165) is 28.5 Å². The number of H-pyrrole nitrogens is 1. The van der Waals surface area contributed by atoms with Crippen molar-refractivity contribution < 1.29 is 8.42 Å². The molecule has 0 aliphatic rings. The van der Waals surface area contributed by atoms with Crippen LogP contribution in [0.15, 0.2) is 57.1 Å². The van der Waals surface area contributed by atoms with Crippen molar-refractivity contribution in [2.24, 2.45) is 0 Å². The van der Waals surface area contributed by atoms with Crippen molar-refractivity contribution in [1.82, 2.24) is 4.98 Å². The van der Waals surface area contributed by atoms with E-state index in [2.05, 4.69) is 4.98 Å². The molecule has 0 spiro atoms. The maximum absolute atomic E-state index is 12.9. The van der Waals surface area contributed by atoms with Crippen molar-refractivity contribution >= 4 is 20.7 Å². The van der Waals surface area contributed by atoms with E-state index in [1.165, 1.54) is 6.07 Å². The second-order valence-corrected chi connectivity index (χ2v) is 7.91. The number of hydrogen-bond acceptors (Lipinski definition) is 3. The highest BCUT2D eigenvalue weighted by Crippen LogP contribution is 2.23. The molecule has 1 heterocycles. The van der Waals surface area contributed by atoms with E-state index in [0.29, 0.717) is 5.52 Å². The Balaban J connectivity index is 2.25. The highest BCUT2D eigenvalue weighted by atomic mass is 32.2. The molecule has 1 N–H and O–H groups in total. The standard InChI is InChI=1S/C19H19NO3S/c1-4-14-6-8-17-15(10-14)11-18(19(21)20-17)24(22,23)16-7-5-12(2)13(3)9-16/h5-11H,4H2,1-3H3,(H,20,21). The maximum Gasteiger partial charge on any atom is 0.267 e. The van der Waals surface area contributed by atoms with Crippen molar-refractivity contribution in [3.8, 4) is 0 Å². The average Bonchev–Trinajstić information content (AvgIpc) is 2.56. The Hall–Kier alpha value is -2.40. The number of hydrogen-bond donors (Lipinski definition) is 1. The number of aromatic amines is 1. The van der Waals surface area contributed by atoms with E-state index in [1.54, 1.807) is 18.2 Å². The van der Waals surface area contributed by atoms with E-state index in [1.807, 2.05) is 39.0 Å². The molecule has 1 aromatic heterocycles. The van der Waals surface area contributed by atoms with E-state index in [4.69, 9.17) is 0 Å². The third-order valence-electron chi connectivity index (χ3n) is 4.36. The van der Waals surface area contributed by atoms with Crippen molar-refractivity contribution in [2.75, 3.05) is 0 Å². The Morgan fingerprint density at radius 3 is 2.38 bits per heavy atom. The number of rotatable bonds is 3. The summed E-state index contributed by atoms with van der Waals surface area (Å²) in [6.45, 7) is 5.80. The molecule has 3 rings (SSSR count). The average molecular weight is 341 g/mol. The number of sulfone groups is 1. The number of benzene rings is 2. The Kier molecular flexibility index (Phi) is 4.05. The number of nitrogens with one attached hydrogen (secondary N) is 1. The van der Waals surface area contributed by atoms with Crippen molar-refractivity contribution in [1.29, 1.82) is 0 Å². The number of aryl methyl sites for hydroxylation is 3. The predicted molar refractivity (Wildman–Crippen MR) is 95.3 cm³/mol. The Morgan fingerprint density at radius 1 is 0.958 bits per heavy atom. The van der Waals surface area contributed by atoms with Crippen LogP contribution >= 0.6 is 0 Å². The first-order chi connectivity index (χ1) is 11.3. The molecule has 4 nitrogen and oxygen atoms in total. The Labute approximate surface area is 141 Å². The third kappa shape index (κ3) is 2.76. The molecule has 0 saturated carbocycles. The number of aromatic nitrogens is 1. The normalized spacial score (nSPS) is 11.8. The molecule has 0 amide bonds. The Bertz CT molecular complexity index is 1100. The van der Waals surface area contributed by atoms with Gasteiger partial charge in [-0.05, 0) is 72.7 Å². The highest BCUT2D eigenvalue weighted by Gasteiger charge is 2.22. The van der Waals surface area contributed by atoms with Gasteiger partial charge >= 0.3 is 0 Å². The second-order valence-electron chi connectivity index (χ2n) is 5.99. The molecule has 3 aromatic rings. The van der Waals surface area contributed by atoms with Crippen LogP contribution in [0.3, 0.4) is 0 Å². The molecule has 0 unspecified atom stereocenters. The fraction of sp³-hybridized carbons (Fsp3) is 0.211. The number of fused-ring (bicyclic) bond motifs is 1. The van der Waals surface area contributed by atoms with Crippen LogP contribution in [0.25, 0.3) is 10.9 Å². The number of pyridine rings is 1. The van der Waals surface area contributed by atoms with Gasteiger partial charge < -0.3 is 4.98 Å². The fourth-order valence-electron chi connectivity index (χ4n) is 2.66. The van der Waals surface area contributed by atoms with Gasteiger partial charge in [-0.2, -0.15) is 0 Å². The van der Waals surface area contributed by atoms with Crippen LogP contribution in [0.2, 0.25) is 0 Å². The zero-order valence-corrected chi connectivity index (χ0v) is 14.7. The molecule has 0 aliphatic carbocycles. The summed E-state index contributed by atoms with van der Waals surface area (Å²) in [5, 5.41) is 0.719. The monoisotopic (exact) mass is 341 g/mol. The summed E-state index contributed by atoms with van der Waals surface area (Å²) in [7, 11) is -3.86. The summed E-state index contributed by atoms with van der Waals surface area (Å²) in [4.78, 5) is 14.9. The van der Waals surface area contributed by atoms with Gasteiger partial charge in [0.05, 0.1) is 4.90 Å². The maximum atomic E-state index is 12.9. The van der Waals surface area contributed by atoms with Gasteiger partial charge in [0.1, 0.15) is 4.90 Å². The molecule has 0 fully saturated rings. The SMILES string of the molecule is CCc1ccc2[nH]c(=O)c(S(=O)(=O)c3ccc(C)c(C)c3)cc2c1. The van der Waals surface area contributed by atoms with E-state index in [-0.39, 0.29) is 9.79 Å². The minimum atomic E-state index is -3.86. The van der Waals surface area contributed by atoms with E-state index >= 15 is 0 Å². The lowest BCUT2D eigenvalue weighted by Crippen LogP contribution is -2.18. The molecule has 5 heteroatoms. The largest absolute Gasteiger partial charge is 0.321 e. The molecule has 0 aliphatic heterocycles. The molecule has 2 aromatic carbocycles. The van der Waals surface area contributed by atoms with Crippen LogP contribution in [-0.4, -0.2) is 13.4 Å². The molecule has 0 bridgehead atoms. The van der Waals surface area contributed by atoms with Crippen molar-refractivity contribution in [3.63, 3.8) is 0 Å². The summed E-state index contributed by atoms with van der Waals surface area (Å²) in [5.74, 6) is 0. The first kappa shape index (κ1) is 16.5. The van der Waals surface area contributed by atoms with E-state index < -0.39 is 15.4 Å². The zero-order valence-electron chi connectivity index (χ0n) is 13.9. The first-order valence-corrected chi connectivity index (χ1v) is 9.29. The van der Waals surface area contributed by atoms with Crippen LogP contribution < -0.4 is 5.56 Å². The van der Waals surface area contributed by atoms with Crippen molar-refractivity contribution in [3.05, 3.63) is 69.5 Å². The van der Waals surface area contributed by atoms with Crippen LogP contribution in [0, 0.1) is 13.8 Å². The van der Waals surface area contributed by atoms with Crippen LogP contribution in [-0.2, 0) is 16.3 Å². The Morgan fingerprint density at radius 2 is 1.71 bits per heavy atom. The molecule has 0 atom stereocenters. The fourth-order valence-corrected chi connectivity index (χ4v) is 4.07. The van der Waals surface area contributed by atoms with Gasteiger partial charge in [-0.25, -0.2) is 8.42 Å². The van der Waals surface area contributed by atoms with Gasteiger partial charge in [-0.1, -0.05) is 19.1 Å². The van der Waals surface area contributed by atoms with Gasteiger partial charge in [0.15, 0.2) is 0 Å². The lowest BCUT2D eigenvalue weighted by atomic mass is 10.1. The summed E-state index contributed by atoms with van der Waals surface area (Å²) in [6, 6.07) is 12.0. The van der Waals surface area contributed by atoms with Crippen molar-refractivity contribution in [2.45, 2.75) is 37.0 Å². The first-order valence-electron chi connectivity index (χ1n) is 7.81. The van der Waals surface area contributed by atoms with Crippen LogP contribution in [0.1, 0.15) is 23.6 Å². The molecule has 0 radical (unpaired) electrons. The quantitative estimate of drug-likeness (QED) is 0.792. The van der Waals surface area contributed by atoms with E-state index in [9.17, 15) is 13.2 Å². The van der Waals surface area contributed by atoms with Crippen LogP contribution in [0.5, 0.6) is 0 Å². The minimum Gasteiger partial charge on any atom is -0.321 e. The third-order valence-corrected chi connectivity index (χ3v) is 6.12. The van der Waals surface area contributed by atoms with Gasteiger partial charge in [-0.3, -0.25) is 4.79 Å². The molecule has 24 heavy (non-hydrogen) atoms. The molecule has 124 valence electrons. The van der Waals surface area contributed by atoms with Gasteiger partial charge in [0.25, 0.3) is 5.56 Å². The lowest BCUT2D eigenvalue weighted by Gasteiger charge is -2.08. The lowest BCUT2D eigenvalue weighted by molar-refractivity contribution is 0.595. The molecular weight excluding hydrogens is 322 g/mol. The molecule has 0 saturated heterocycles. The van der Waals surface area contributed by atoms with Gasteiger partial charge in [-0.15, -0.1) is 0 Å². The topological polar surface area (TPSA) is 67.0 Å². The summed E-state index contributed by atoms with van der Waals surface area (Å²) in [6.07, 6.45) is 0.842.